The van der Waals surface area contributed by atoms with E-state index < -0.39 is 5.97 Å². The van der Waals surface area contributed by atoms with Gasteiger partial charge < -0.3 is 19.1 Å². The van der Waals surface area contributed by atoms with Gasteiger partial charge in [-0.05, 0) is 61.4 Å². The lowest BCUT2D eigenvalue weighted by molar-refractivity contribution is -0.225. The number of hydrogen-bond acceptors (Lipinski definition) is 10. The van der Waals surface area contributed by atoms with E-state index in [4.69, 9.17) is 46.8 Å². The van der Waals surface area contributed by atoms with Crippen LogP contribution in [0, 0.1) is 38.5 Å². The number of ether oxygens (including phenoxy) is 3. The Morgan fingerprint density at radius 3 is 1.88 bits per heavy atom. The summed E-state index contributed by atoms with van der Waals surface area (Å²) in [6, 6.07) is 27.6. The van der Waals surface area contributed by atoms with Gasteiger partial charge in [-0.1, -0.05) is 60.4 Å². The minimum atomic E-state index is -0.648. The van der Waals surface area contributed by atoms with Crippen molar-refractivity contribution in [2.45, 2.75) is 26.9 Å². The lowest BCUT2D eigenvalue weighted by atomic mass is 9.95. The highest BCUT2D eigenvalue weighted by Crippen LogP contribution is 2.32. The molecule has 0 saturated carbocycles. The molecule has 0 bridgehead atoms. The molecule has 0 amide bonds. The fraction of sp³-hybridized carbons (Fsp3) is 0.178. The molecule has 2 aliphatic rings. The zero-order chi connectivity index (χ0) is 39.3. The monoisotopic (exact) mass is 756 g/mol. The van der Waals surface area contributed by atoms with Crippen molar-refractivity contribution in [2.75, 3.05) is 26.8 Å². The minimum Gasteiger partial charge on any atom is -0.434 e. The lowest BCUT2D eigenvalue weighted by Crippen LogP contribution is -2.14. The van der Waals surface area contributed by atoms with Crippen LogP contribution in [0.25, 0.3) is 11.4 Å². The molecule has 8 rings (SSSR count). The molecule has 0 fully saturated rings. The van der Waals surface area contributed by atoms with Gasteiger partial charge in [0.05, 0.1) is 48.2 Å². The van der Waals surface area contributed by atoms with Gasteiger partial charge in [-0.3, -0.25) is 19.1 Å². The van der Waals surface area contributed by atoms with E-state index in [2.05, 4.69) is 34.8 Å². The molecule has 0 aliphatic carbocycles. The van der Waals surface area contributed by atoms with Gasteiger partial charge in [-0.2, -0.15) is 9.87 Å². The normalized spacial score (nSPS) is 12.6. The Bertz CT molecular complexity index is 2660. The molecule has 4 aromatic carbocycles. The molecule has 12 nitrogen and oxygen atoms in total. The highest BCUT2D eigenvalue weighted by Gasteiger charge is 2.27. The average molecular weight is 757 g/mol. The maximum Gasteiger partial charge on any atom is 0.361 e. The fourth-order valence-corrected chi connectivity index (χ4v) is 6.85. The standard InChI is InChI=1S/C45H36N6O6/c1-5-31-15-17-37-35(21-31)41(33-13-9-7-11-29(33)3)46-23-39-43(48-25-50(37)39)45(52)55-28-54-27-53-19-20-56-57-44-40-24-47-42(34-14-10-8-12-30(34)4)36-22-32(6-2)16-18-38(36)51(40)26-49-44/h1-2,7-18,21-22,25-26H,19-20,23-24,27-28H2,3-4H3. The highest BCUT2D eigenvalue weighted by molar-refractivity contribution is 6.17. The third-order valence-electron chi connectivity index (χ3n) is 9.71. The van der Waals surface area contributed by atoms with E-state index in [1.54, 1.807) is 12.7 Å². The summed E-state index contributed by atoms with van der Waals surface area (Å²) in [6.45, 7) is 4.29. The van der Waals surface area contributed by atoms with Crippen LogP contribution < -0.4 is 4.89 Å². The van der Waals surface area contributed by atoms with Gasteiger partial charge in [-0.25, -0.2) is 9.78 Å². The second-order valence-electron chi connectivity index (χ2n) is 13.2. The molecule has 2 aromatic heterocycles. The Hall–Kier alpha value is -7.09. The maximum absolute atomic E-state index is 13.2. The summed E-state index contributed by atoms with van der Waals surface area (Å²) in [5.74, 6) is 5.07. The second-order valence-corrected chi connectivity index (χ2v) is 13.2. The van der Waals surface area contributed by atoms with Gasteiger partial charge in [0.2, 0.25) is 0 Å². The first-order chi connectivity index (χ1) is 27.9. The number of nitrogens with zero attached hydrogens (tertiary/aromatic N) is 6. The van der Waals surface area contributed by atoms with E-state index in [9.17, 15) is 4.79 Å². The average Bonchev–Trinajstić information content (AvgIpc) is 3.76. The number of fused-ring (bicyclic) bond motifs is 6. The number of aromatic nitrogens is 4. The predicted octanol–water partition coefficient (Wildman–Crippen LogP) is 6.46. The van der Waals surface area contributed by atoms with Crippen LogP contribution in [-0.4, -0.2) is 63.3 Å². The Labute approximate surface area is 329 Å². The molecule has 0 spiro atoms. The molecule has 0 radical (unpaired) electrons. The fourth-order valence-electron chi connectivity index (χ4n) is 6.85. The van der Waals surface area contributed by atoms with Gasteiger partial charge in [0, 0.05) is 33.4 Å². The molecule has 6 aromatic rings. The maximum atomic E-state index is 13.2. The molecule has 0 atom stereocenters. The number of carbonyl (C=O) groups is 1. The van der Waals surface area contributed by atoms with Crippen LogP contribution in [-0.2, 0) is 32.2 Å². The number of hydrogen-bond donors (Lipinski definition) is 0. The molecule has 0 saturated heterocycles. The summed E-state index contributed by atoms with van der Waals surface area (Å²) in [4.78, 5) is 42.9. The number of rotatable bonds is 12. The zero-order valence-corrected chi connectivity index (χ0v) is 31.3. The van der Waals surface area contributed by atoms with E-state index >= 15 is 0 Å². The number of esters is 1. The Balaban J connectivity index is 0.840. The Morgan fingerprint density at radius 1 is 0.684 bits per heavy atom. The summed E-state index contributed by atoms with van der Waals surface area (Å²) in [6.07, 6.45) is 14.8. The molecule has 57 heavy (non-hydrogen) atoms. The number of aryl methyl sites for hydroxylation is 2. The van der Waals surface area contributed by atoms with Crippen molar-refractivity contribution < 1.29 is 28.8 Å². The lowest BCUT2D eigenvalue weighted by Gasteiger charge is -2.13. The first kappa shape index (κ1) is 36.9. The van der Waals surface area contributed by atoms with E-state index in [1.807, 2.05) is 94.9 Å². The molecular formula is C45H36N6O6. The summed E-state index contributed by atoms with van der Waals surface area (Å²) < 4.78 is 20.1. The van der Waals surface area contributed by atoms with Crippen LogP contribution in [0.4, 0.5) is 0 Å². The van der Waals surface area contributed by atoms with Crippen molar-refractivity contribution in [2.24, 2.45) is 9.98 Å². The third kappa shape index (κ3) is 7.36. The summed E-state index contributed by atoms with van der Waals surface area (Å²) in [5, 5.41) is 0. The van der Waals surface area contributed by atoms with Gasteiger partial charge >= 0.3 is 5.97 Å². The van der Waals surface area contributed by atoms with E-state index in [0.717, 1.165) is 73.0 Å². The summed E-state index contributed by atoms with van der Waals surface area (Å²) in [5.41, 5.74) is 12.1. The van der Waals surface area contributed by atoms with E-state index in [0.29, 0.717) is 12.2 Å². The van der Waals surface area contributed by atoms with Crippen LogP contribution in [0.15, 0.2) is 108 Å². The topological polar surface area (TPSA) is 124 Å². The summed E-state index contributed by atoms with van der Waals surface area (Å²) in [7, 11) is 0. The first-order valence-electron chi connectivity index (χ1n) is 18.1. The van der Waals surface area contributed by atoms with Crippen molar-refractivity contribution in [1.82, 2.24) is 19.1 Å². The van der Waals surface area contributed by atoms with Crippen LogP contribution in [0.3, 0.4) is 0 Å². The van der Waals surface area contributed by atoms with Gasteiger partial charge in [0.1, 0.15) is 25.0 Å². The van der Waals surface area contributed by atoms with E-state index in [1.165, 1.54) is 0 Å². The number of benzene rings is 4. The second kappa shape index (κ2) is 16.3. The van der Waals surface area contributed by atoms with Crippen molar-refractivity contribution in [1.29, 1.82) is 0 Å². The quantitative estimate of drug-likeness (QED) is 0.0349. The highest BCUT2D eigenvalue weighted by atomic mass is 17.2. The van der Waals surface area contributed by atoms with Gasteiger partial charge in [-0.15, -0.1) is 12.8 Å². The largest absolute Gasteiger partial charge is 0.434 e. The Kier molecular flexibility index (Phi) is 10.6. The van der Waals surface area contributed by atoms with Crippen LogP contribution in [0.2, 0.25) is 0 Å². The molecule has 282 valence electrons. The molecule has 4 heterocycles. The SMILES string of the molecule is C#Cc1ccc2c(c1)C(c1ccccc1C)=NCc1c(OOCCOCOCOC(=O)c3ncn4c3CN=C(c3ccccc3C)c3cc(C#C)ccc3-4)ncn1-2. The zero-order valence-electron chi connectivity index (χ0n) is 31.3. The number of aliphatic imine (C=N–C) groups is 2. The van der Waals surface area contributed by atoms with Crippen molar-refractivity contribution in [3.8, 4) is 41.9 Å². The minimum absolute atomic E-state index is 0.0748. The molecule has 0 unspecified atom stereocenters. The molecule has 12 heteroatoms. The van der Waals surface area contributed by atoms with Crippen LogP contribution in [0.5, 0.6) is 5.88 Å². The smallest absolute Gasteiger partial charge is 0.361 e. The molecule has 2 aliphatic heterocycles. The van der Waals surface area contributed by atoms with Crippen molar-refractivity contribution in [3.63, 3.8) is 0 Å². The van der Waals surface area contributed by atoms with Crippen molar-refractivity contribution >= 4 is 17.4 Å². The third-order valence-corrected chi connectivity index (χ3v) is 9.71. The number of terminal acetylenes is 2. The molecule has 0 N–H and O–H groups in total. The van der Waals surface area contributed by atoms with Crippen molar-refractivity contribution in [3.05, 3.63) is 159 Å². The van der Waals surface area contributed by atoms with Crippen LogP contribution >= 0.6 is 0 Å². The van der Waals surface area contributed by atoms with Gasteiger partial charge in [0.15, 0.2) is 19.3 Å². The summed E-state index contributed by atoms with van der Waals surface area (Å²) >= 11 is 0. The Morgan fingerprint density at radius 2 is 1.26 bits per heavy atom. The van der Waals surface area contributed by atoms with Crippen LogP contribution in [0.1, 0.15) is 66.4 Å². The predicted molar refractivity (Wildman–Crippen MR) is 213 cm³/mol. The van der Waals surface area contributed by atoms with Gasteiger partial charge in [0.25, 0.3) is 5.88 Å². The number of carbonyl (C=O) groups excluding carboxylic acids is 1. The number of imidazole rings is 2. The van der Waals surface area contributed by atoms with E-state index in [-0.39, 0.29) is 44.9 Å². The molecular weight excluding hydrogens is 721 g/mol. The first-order valence-corrected chi connectivity index (χ1v) is 18.1.